The highest BCUT2D eigenvalue weighted by Gasteiger charge is 2.10. The molecule has 4 nitrogen and oxygen atoms in total. The van der Waals surface area contributed by atoms with Crippen LogP contribution in [0.25, 0.3) is 0 Å². The Hall–Kier alpha value is -2.02. The van der Waals surface area contributed by atoms with Gasteiger partial charge in [-0.2, -0.15) is 5.26 Å². The molecule has 0 bridgehead atoms. The first-order valence-electron chi connectivity index (χ1n) is 6.08. The monoisotopic (exact) mass is 245 g/mol. The molecule has 0 saturated carbocycles. The Balaban J connectivity index is 2.62. The highest BCUT2D eigenvalue weighted by molar-refractivity contribution is 5.90. The van der Waals surface area contributed by atoms with Gasteiger partial charge in [0, 0.05) is 11.7 Å². The molecule has 4 heteroatoms. The van der Waals surface area contributed by atoms with E-state index in [9.17, 15) is 4.79 Å². The van der Waals surface area contributed by atoms with Crippen LogP contribution in [0, 0.1) is 25.2 Å². The van der Waals surface area contributed by atoms with Crippen LogP contribution in [-0.4, -0.2) is 12.1 Å². The maximum atomic E-state index is 11.8. The number of aryl methyl sites for hydroxylation is 2. The second-order valence-electron chi connectivity index (χ2n) is 4.38. The van der Waals surface area contributed by atoms with Crippen LogP contribution in [0.2, 0.25) is 0 Å². The fourth-order valence-corrected chi connectivity index (χ4v) is 1.71. The molecule has 0 spiro atoms. The number of nitrogens with zero attached hydrogens (tertiary/aromatic N) is 1. The normalized spacial score (nSPS) is 11.4. The number of benzene rings is 1. The largest absolute Gasteiger partial charge is 0.334 e. The summed E-state index contributed by atoms with van der Waals surface area (Å²) < 4.78 is 0. The van der Waals surface area contributed by atoms with Crippen LogP contribution >= 0.6 is 0 Å². The molecule has 18 heavy (non-hydrogen) atoms. The summed E-state index contributed by atoms with van der Waals surface area (Å²) in [5.41, 5.74) is 2.98. The van der Waals surface area contributed by atoms with Crippen molar-refractivity contribution in [3.05, 3.63) is 29.3 Å². The first-order chi connectivity index (χ1) is 8.56. The molecule has 0 aliphatic carbocycles. The molecule has 2 N–H and O–H groups in total. The molecule has 1 aromatic rings. The third kappa shape index (κ3) is 4.10. The Morgan fingerprint density at radius 1 is 1.44 bits per heavy atom. The van der Waals surface area contributed by atoms with Gasteiger partial charge in [0.1, 0.15) is 0 Å². The van der Waals surface area contributed by atoms with E-state index in [1.54, 1.807) is 0 Å². The summed E-state index contributed by atoms with van der Waals surface area (Å²) >= 11 is 0. The molecule has 0 radical (unpaired) electrons. The van der Waals surface area contributed by atoms with E-state index < -0.39 is 0 Å². The van der Waals surface area contributed by atoms with Gasteiger partial charge in [-0.1, -0.05) is 24.6 Å². The molecule has 2 amide bonds. The topological polar surface area (TPSA) is 64.9 Å². The van der Waals surface area contributed by atoms with Crippen molar-refractivity contribution in [2.75, 3.05) is 5.32 Å². The third-order valence-electron chi connectivity index (χ3n) is 2.80. The van der Waals surface area contributed by atoms with E-state index >= 15 is 0 Å². The first kappa shape index (κ1) is 14.0. The Bertz CT molecular complexity index is 463. The third-order valence-corrected chi connectivity index (χ3v) is 2.80. The minimum absolute atomic E-state index is 0.0965. The Labute approximate surface area is 108 Å². The van der Waals surface area contributed by atoms with Crippen LogP contribution in [0.5, 0.6) is 0 Å². The van der Waals surface area contributed by atoms with E-state index in [4.69, 9.17) is 5.26 Å². The summed E-state index contributed by atoms with van der Waals surface area (Å²) in [7, 11) is 0. The van der Waals surface area contributed by atoms with Crippen molar-refractivity contribution in [1.29, 1.82) is 5.26 Å². The van der Waals surface area contributed by atoms with Gasteiger partial charge in [-0.3, -0.25) is 0 Å². The molecule has 0 aliphatic rings. The quantitative estimate of drug-likeness (QED) is 0.856. The lowest BCUT2D eigenvalue weighted by Crippen LogP contribution is -2.37. The van der Waals surface area contributed by atoms with Gasteiger partial charge in [-0.25, -0.2) is 4.79 Å². The Morgan fingerprint density at radius 3 is 2.72 bits per heavy atom. The minimum atomic E-state index is -0.260. The van der Waals surface area contributed by atoms with E-state index in [2.05, 4.69) is 16.7 Å². The molecule has 1 atom stereocenters. The average molecular weight is 245 g/mol. The highest BCUT2D eigenvalue weighted by Crippen LogP contribution is 2.15. The van der Waals surface area contributed by atoms with Crippen molar-refractivity contribution in [2.24, 2.45) is 0 Å². The predicted molar refractivity (Wildman–Crippen MR) is 72.4 cm³/mol. The smallest absolute Gasteiger partial charge is 0.319 e. The highest BCUT2D eigenvalue weighted by atomic mass is 16.2. The summed E-state index contributed by atoms with van der Waals surface area (Å²) in [5, 5.41) is 14.2. The summed E-state index contributed by atoms with van der Waals surface area (Å²) in [5.74, 6) is 0. The number of nitrogens with one attached hydrogen (secondary N) is 2. The lowest BCUT2D eigenvalue weighted by Gasteiger charge is -2.15. The molecular formula is C14H19N3O. The van der Waals surface area contributed by atoms with Crippen molar-refractivity contribution in [3.63, 3.8) is 0 Å². The Kier molecular flexibility index (Phi) is 5.19. The van der Waals surface area contributed by atoms with Crippen LogP contribution < -0.4 is 10.6 Å². The molecule has 0 heterocycles. The second-order valence-corrected chi connectivity index (χ2v) is 4.38. The fraction of sp³-hybridized carbons (Fsp3) is 0.429. The van der Waals surface area contributed by atoms with E-state index in [1.165, 1.54) is 0 Å². The number of hydrogen-bond acceptors (Lipinski definition) is 2. The predicted octanol–water partition coefficient (Wildman–Crippen LogP) is 3.12. The van der Waals surface area contributed by atoms with Gasteiger partial charge in [-0.05, 0) is 31.9 Å². The minimum Gasteiger partial charge on any atom is -0.334 e. The number of hydrogen-bond donors (Lipinski definition) is 2. The van der Waals surface area contributed by atoms with E-state index in [-0.39, 0.29) is 12.1 Å². The standard InChI is InChI=1S/C14H19N3O/c1-4-12(7-8-15)16-14(18)17-13-6-5-10(2)9-11(13)3/h5-6,9,12H,4,7H2,1-3H3,(H2,16,17,18). The van der Waals surface area contributed by atoms with Crippen molar-refractivity contribution >= 4 is 11.7 Å². The number of nitriles is 1. The van der Waals surface area contributed by atoms with Gasteiger partial charge in [0.2, 0.25) is 0 Å². The molecule has 0 aliphatic heterocycles. The van der Waals surface area contributed by atoms with Crippen LogP contribution in [0.3, 0.4) is 0 Å². The number of urea groups is 1. The van der Waals surface area contributed by atoms with Crippen LogP contribution in [0.15, 0.2) is 18.2 Å². The van der Waals surface area contributed by atoms with Gasteiger partial charge in [0.05, 0.1) is 12.5 Å². The summed E-state index contributed by atoms with van der Waals surface area (Å²) in [6.07, 6.45) is 1.07. The lowest BCUT2D eigenvalue weighted by molar-refractivity contribution is 0.248. The second kappa shape index (κ2) is 6.65. The number of carbonyl (C=O) groups excluding carboxylic acids is 1. The average Bonchev–Trinajstić information content (AvgIpc) is 2.32. The van der Waals surface area contributed by atoms with Crippen LogP contribution in [0.1, 0.15) is 30.9 Å². The van der Waals surface area contributed by atoms with Gasteiger partial charge < -0.3 is 10.6 Å². The van der Waals surface area contributed by atoms with E-state index in [1.807, 2.05) is 39.0 Å². The molecule has 0 aromatic heterocycles. The van der Waals surface area contributed by atoms with Gasteiger partial charge in [0.15, 0.2) is 0 Å². The Morgan fingerprint density at radius 2 is 2.17 bits per heavy atom. The summed E-state index contributed by atoms with van der Waals surface area (Å²) in [6.45, 7) is 5.91. The first-order valence-corrected chi connectivity index (χ1v) is 6.08. The molecule has 0 fully saturated rings. The van der Waals surface area contributed by atoms with Crippen LogP contribution in [0.4, 0.5) is 10.5 Å². The number of carbonyl (C=O) groups is 1. The molecule has 96 valence electrons. The van der Waals surface area contributed by atoms with Crippen LogP contribution in [-0.2, 0) is 0 Å². The molecule has 1 unspecified atom stereocenters. The van der Waals surface area contributed by atoms with E-state index in [0.717, 1.165) is 23.2 Å². The fourth-order valence-electron chi connectivity index (χ4n) is 1.71. The zero-order valence-electron chi connectivity index (χ0n) is 11.1. The zero-order valence-corrected chi connectivity index (χ0v) is 11.1. The van der Waals surface area contributed by atoms with Gasteiger partial charge in [0.25, 0.3) is 0 Å². The molecule has 1 rings (SSSR count). The number of anilines is 1. The van der Waals surface area contributed by atoms with Crippen molar-refractivity contribution in [3.8, 4) is 6.07 Å². The summed E-state index contributed by atoms with van der Waals surface area (Å²) in [6, 6.07) is 7.56. The maximum Gasteiger partial charge on any atom is 0.319 e. The van der Waals surface area contributed by atoms with Gasteiger partial charge in [-0.15, -0.1) is 0 Å². The molecular weight excluding hydrogens is 226 g/mol. The zero-order chi connectivity index (χ0) is 13.5. The lowest BCUT2D eigenvalue weighted by atomic mass is 10.1. The van der Waals surface area contributed by atoms with Crippen molar-refractivity contribution < 1.29 is 4.79 Å². The van der Waals surface area contributed by atoms with Crippen molar-refractivity contribution in [1.82, 2.24) is 5.32 Å². The van der Waals surface area contributed by atoms with E-state index in [0.29, 0.717) is 6.42 Å². The molecule has 0 saturated heterocycles. The maximum absolute atomic E-state index is 11.8. The number of amides is 2. The molecule has 1 aromatic carbocycles. The summed E-state index contributed by atoms with van der Waals surface area (Å²) in [4.78, 5) is 11.8. The number of rotatable bonds is 4. The van der Waals surface area contributed by atoms with Gasteiger partial charge >= 0.3 is 6.03 Å². The van der Waals surface area contributed by atoms with Crippen molar-refractivity contribution in [2.45, 2.75) is 39.7 Å². The SMILES string of the molecule is CCC(CC#N)NC(=O)Nc1ccc(C)cc1C.